The van der Waals surface area contributed by atoms with Crippen LogP contribution in [0.25, 0.3) is 0 Å². The predicted octanol–water partition coefficient (Wildman–Crippen LogP) is 3.72. The lowest BCUT2D eigenvalue weighted by Crippen LogP contribution is -2.44. The molecule has 2 fully saturated rings. The summed E-state index contributed by atoms with van der Waals surface area (Å²) >= 11 is 0. The van der Waals surface area contributed by atoms with Crippen LogP contribution in [0.1, 0.15) is 37.3 Å². The number of rotatable bonds is 5. The van der Waals surface area contributed by atoms with E-state index in [2.05, 4.69) is 24.3 Å². The molecule has 5 nitrogen and oxygen atoms in total. The van der Waals surface area contributed by atoms with Gasteiger partial charge in [0.25, 0.3) is 0 Å². The van der Waals surface area contributed by atoms with Gasteiger partial charge in [-0.3, -0.25) is 4.79 Å². The van der Waals surface area contributed by atoms with Crippen molar-refractivity contribution in [3.8, 4) is 0 Å². The summed E-state index contributed by atoms with van der Waals surface area (Å²) in [6, 6.07) is 20.4. The molecule has 30 heavy (non-hydrogen) atoms. The Balaban J connectivity index is 1.65. The van der Waals surface area contributed by atoms with Gasteiger partial charge in [-0.05, 0) is 43.2 Å². The average Bonchev–Trinajstić information content (AvgIpc) is 3.19. The highest BCUT2D eigenvalue weighted by molar-refractivity contribution is 6.32. The topological polar surface area (TPSA) is 55.8 Å². The van der Waals surface area contributed by atoms with E-state index in [1.54, 1.807) is 11.8 Å². The average molecular weight is 408 g/mol. The SMILES string of the molecule is CCOC(=O)C(=O)N(Cc1ccccc1)[C@@H]1C[C@@H]2COCC[C@]2(c2ccccc2)C1. The van der Waals surface area contributed by atoms with E-state index in [-0.39, 0.29) is 18.1 Å². The zero-order valence-corrected chi connectivity index (χ0v) is 17.5. The first-order valence-electron chi connectivity index (χ1n) is 10.8. The van der Waals surface area contributed by atoms with E-state index < -0.39 is 11.9 Å². The van der Waals surface area contributed by atoms with E-state index in [4.69, 9.17) is 9.47 Å². The fourth-order valence-corrected chi connectivity index (χ4v) is 5.20. The molecule has 1 aliphatic heterocycles. The second-order valence-corrected chi connectivity index (χ2v) is 8.28. The molecule has 1 saturated carbocycles. The summed E-state index contributed by atoms with van der Waals surface area (Å²) in [6.07, 6.45) is 2.60. The molecule has 1 saturated heterocycles. The van der Waals surface area contributed by atoms with Crippen LogP contribution in [0.3, 0.4) is 0 Å². The van der Waals surface area contributed by atoms with Crippen LogP contribution in [0.5, 0.6) is 0 Å². The van der Waals surface area contributed by atoms with Gasteiger partial charge in [0.1, 0.15) is 0 Å². The van der Waals surface area contributed by atoms with Gasteiger partial charge in [0.15, 0.2) is 0 Å². The second kappa shape index (κ2) is 9.00. The van der Waals surface area contributed by atoms with Crippen LogP contribution in [-0.4, -0.2) is 42.6 Å². The summed E-state index contributed by atoms with van der Waals surface area (Å²) in [5.41, 5.74) is 2.30. The van der Waals surface area contributed by atoms with Crippen LogP contribution in [0, 0.1) is 5.92 Å². The van der Waals surface area contributed by atoms with Crippen molar-refractivity contribution < 1.29 is 19.1 Å². The van der Waals surface area contributed by atoms with Crippen LogP contribution in [-0.2, 0) is 31.0 Å². The summed E-state index contributed by atoms with van der Waals surface area (Å²) in [4.78, 5) is 27.2. The summed E-state index contributed by atoms with van der Waals surface area (Å²) in [5, 5.41) is 0. The van der Waals surface area contributed by atoms with Crippen LogP contribution in [0.15, 0.2) is 60.7 Å². The van der Waals surface area contributed by atoms with Gasteiger partial charge in [0, 0.05) is 24.6 Å². The molecular weight excluding hydrogens is 378 g/mol. The van der Waals surface area contributed by atoms with Crippen molar-refractivity contribution in [3.63, 3.8) is 0 Å². The number of hydrogen-bond donors (Lipinski definition) is 0. The maximum absolute atomic E-state index is 13.1. The Hall–Kier alpha value is -2.66. The van der Waals surface area contributed by atoms with Gasteiger partial charge in [-0.15, -0.1) is 0 Å². The molecule has 2 aromatic carbocycles. The maximum atomic E-state index is 13.1. The number of carbonyl (C=O) groups excluding carboxylic acids is 2. The molecular formula is C25H29NO4. The van der Waals surface area contributed by atoms with Gasteiger partial charge in [0.05, 0.1) is 13.2 Å². The molecule has 0 radical (unpaired) electrons. The van der Waals surface area contributed by atoms with Crippen LogP contribution < -0.4 is 0 Å². The Bertz CT molecular complexity index is 869. The first-order valence-corrected chi connectivity index (χ1v) is 10.8. The molecule has 1 amide bonds. The lowest BCUT2D eigenvalue weighted by molar-refractivity contribution is -0.161. The van der Waals surface area contributed by atoms with Crippen LogP contribution in [0.4, 0.5) is 0 Å². The monoisotopic (exact) mass is 407 g/mol. The minimum Gasteiger partial charge on any atom is -0.459 e. The number of nitrogens with zero attached hydrogens (tertiary/aromatic N) is 1. The Morgan fingerprint density at radius 1 is 1.10 bits per heavy atom. The Morgan fingerprint density at radius 2 is 1.80 bits per heavy atom. The number of amides is 1. The lowest BCUT2D eigenvalue weighted by Gasteiger charge is -2.40. The number of carbonyl (C=O) groups is 2. The van der Waals surface area contributed by atoms with E-state index in [1.807, 2.05) is 36.4 Å². The molecule has 4 rings (SSSR count). The molecule has 0 unspecified atom stereocenters. The molecule has 0 bridgehead atoms. The molecule has 158 valence electrons. The molecule has 0 aromatic heterocycles. The molecule has 0 spiro atoms. The van der Waals surface area contributed by atoms with Crippen molar-refractivity contribution in [2.75, 3.05) is 19.8 Å². The van der Waals surface area contributed by atoms with Gasteiger partial charge in [-0.2, -0.15) is 0 Å². The van der Waals surface area contributed by atoms with Gasteiger partial charge in [0.2, 0.25) is 0 Å². The van der Waals surface area contributed by atoms with E-state index >= 15 is 0 Å². The van der Waals surface area contributed by atoms with E-state index in [0.717, 1.165) is 31.4 Å². The summed E-state index contributed by atoms with van der Waals surface area (Å²) in [5.74, 6) is -0.992. The molecule has 2 aliphatic rings. The van der Waals surface area contributed by atoms with Gasteiger partial charge in [-0.1, -0.05) is 60.7 Å². The Morgan fingerprint density at radius 3 is 2.50 bits per heavy atom. The quantitative estimate of drug-likeness (QED) is 0.560. The largest absolute Gasteiger partial charge is 0.459 e. The molecule has 5 heteroatoms. The summed E-state index contributed by atoms with van der Waals surface area (Å²) in [6.45, 7) is 3.74. The van der Waals surface area contributed by atoms with Gasteiger partial charge >= 0.3 is 11.9 Å². The third kappa shape index (κ3) is 3.99. The fraction of sp³-hybridized carbons (Fsp3) is 0.440. The van der Waals surface area contributed by atoms with Crippen molar-refractivity contribution >= 4 is 11.9 Å². The predicted molar refractivity (Wildman–Crippen MR) is 114 cm³/mol. The van der Waals surface area contributed by atoms with Crippen molar-refractivity contribution in [2.45, 2.75) is 44.2 Å². The molecule has 0 N–H and O–H groups in total. The van der Waals surface area contributed by atoms with E-state index in [9.17, 15) is 9.59 Å². The van der Waals surface area contributed by atoms with E-state index in [1.165, 1.54) is 5.56 Å². The highest BCUT2D eigenvalue weighted by atomic mass is 16.5. The number of hydrogen-bond acceptors (Lipinski definition) is 4. The first kappa shape index (κ1) is 20.6. The van der Waals surface area contributed by atoms with Gasteiger partial charge in [-0.25, -0.2) is 4.79 Å². The zero-order chi connectivity index (χ0) is 21.0. The third-order valence-corrected chi connectivity index (χ3v) is 6.65. The van der Waals surface area contributed by atoms with E-state index in [0.29, 0.717) is 19.1 Å². The van der Waals surface area contributed by atoms with Gasteiger partial charge < -0.3 is 14.4 Å². The summed E-state index contributed by atoms with van der Waals surface area (Å²) in [7, 11) is 0. The Labute approximate surface area is 178 Å². The highest BCUT2D eigenvalue weighted by Gasteiger charge is 2.52. The van der Waals surface area contributed by atoms with Crippen molar-refractivity contribution in [3.05, 3.63) is 71.8 Å². The minimum absolute atomic E-state index is 0.0198. The number of ether oxygens (including phenoxy) is 2. The smallest absolute Gasteiger partial charge is 0.397 e. The lowest BCUT2D eigenvalue weighted by atomic mass is 9.69. The number of benzene rings is 2. The fourth-order valence-electron chi connectivity index (χ4n) is 5.20. The Kier molecular flexibility index (Phi) is 6.18. The standard InChI is InChI=1S/C25H29NO4/c1-2-30-24(28)23(27)26(17-19-9-5-3-6-10-19)22-15-21-18-29-14-13-25(21,16-22)20-11-7-4-8-12-20/h3-12,21-22H,2,13-18H2,1H3/t21-,22-,25-/m1/s1. The van der Waals surface area contributed by atoms with Crippen molar-refractivity contribution in [2.24, 2.45) is 5.92 Å². The first-order chi connectivity index (χ1) is 14.6. The molecule has 1 aliphatic carbocycles. The molecule has 2 aromatic rings. The minimum atomic E-state index is -0.770. The van der Waals surface area contributed by atoms with Crippen molar-refractivity contribution in [1.82, 2.24) is 4.90 Å². The normalized spacial score (nSPS) is 25.4. The maximum Gasteiger partial charge on any atom is 0.397 e. The molecule has 1 heterocycles. The second-order valence-electron chi connectivity index (χ2n) is 8.28. The van der Waals surface area contributed by atoms with Crippen LogP contribution in [0.2, 0.25) is 0 Å². The molecule has 3 atom stereocenters. The zero-order valence-electron chi connectivity index (χ0n) is 17.5. The van der Waals surface area contributed by atoms with Crippen molar-refractivity contribution in [1.29, 1.82) is 0 Å². The third-order valence-electron chi connectivity index (χ3n) is 6.65. The summed E-state index contributed by atoms with van der Waals surface area (Å²) < 4.78 is 10.9. The number of fused-ring (bicyclic) bond motifs is 1. The number of esters is 1. The van der Waals surface area contributed by atoms with Crippen LogP contribution >= 0.6 is 0 Å². The highest BCUT2D eigenvalue weighted by Crippen LogP contribution is 2.51.